The van der Waals surface area contributed by atoms with Gasteiger partial charge in [0.15, 0.2) is 12.4 Å². The van der Waals surface area contributed by atoms with Crippen LogP contribution < -0.4 is 0 Å². The summed E-state index contributed by atoms with van der Waals surface area (Å²) < 4.78 is 23.0. The van der Waals surface area contributed by atoms with Crippen molar-refractivity contribution in [2.24, 2.45) is 5.11 Å². The van der Waals surface area contributed by atoms with Gasteiger partial charge in [-0.1, -0.05) is 53.6 Å². The molecule has 0 N–H and O–H groups in total. The third-order valence-electron chi connectivity index (χ3n) is 4.71. The second kappa shape index (κ2) is 10.0. The van der Waals surface area contributed by atoms with Gasteiger partial charge in [-0.3, -0.25) is 0 Å². The molecule has 8 heteroatoms. The van der Waals surface area contributed by atoms with Crippen molar-refractivity contribution in [3.63, 3.8) is 0 Å². The van der Waals surface area contributed by atoms with Crippen LogP contribution in [0.15, 0.2) is 65.8 Å². The van der Waals surface area contributed by atoms with Crippen LogP contribution in [0.25, 0.3) is 10.4 Å². The van der Waals surface area contributed by atoms with Gasteiger partial charge in [-0.2, -0.15) is 0 Å². The van der Waals surface area contributed by atoms with Gasteiger partial charge in [0.25, 0.3) is 0 Å². The monoisotopic (exact) mass is 397 g/mol. The lowest BCUT2D eigenvalue weighted by Crippen LogP contribution is -2.58. The van der Waals surface area contributed by atoms with Crippen LogP contribution >= 0.6 is 0 Å². The van der Waals surface area contributed by atoms with E-state index in [1.54, 1.807) is 31.2 Å². The minimum atomic E-state index is -0.914. The molecule has 1 fully saturated rings. The van der Waals surface area contributed by atoms with E-state index < -0.39 is 36.6 Å². The molecule has 29 heavy (non-hydrogen) atoms. The molecular formula is C21H23N3O5. The van der Waals surface area contributed by atoms with Gasteiger partial charge < -0.3 is 18.9 Å². The molecule has 0 unspecified atom stereocenters. The third kappa shape index (κ3) is 5.13. The van der Waals surface area contributed by atoms with Crippen molar-refractivity contribution in [2.45, 2.75) is 44.2 Å². The molecule has 8 nitrogen and oxygen atoms in total. The first-order valence-corrected chi connectivity index (χ1v) is 9.28. The zero-order valence-corrected chi connectivity index (χ0v) is 16.3. The lowest BCUT2D eigenvalue weighted by molar-refractivity contribution is -0.268. The summed E-state index contributed by atoms with van der Waals surface area (Å²) in [4.78, 5) is 15.6. The summed E-state index contributed by atoms with van der Waals surface area (Å²) in [6.07, 6.45) is -3.00. The van der Waals surface area contributed by atoms with Gasteiger partial charge >= 0.3 is 5.97 Å². The maximum Gasteiger partial charge on any atom is 0.338 e. The van der Waals surface area contributed by atoms with E-state index in [4.69, 9.17) is 24.5 Å². The van der Waals surface area contributed by atoms with Crippen LogP contribution in [0.1, 0.15) is 22.8 Å². The molecule has 0 aliphatic carbocycles. The fraction of sp³-hybridized carbons (Fsp3) is 0.381. The van der Waals surface area contributed by atoms with Crippen molar-refractivity contribution < 1.29 is 23.7 Å². The number of carbonyl (C=O) groups excluding carboxylic acids is 1. The Hall–Kier alpha value is -2.90. The van der Waals surface area contributed by atoms with Gasteiger partial charge in [0, 0.05) is 12.0 Å². The molecule has 0 aromatic heterocycles. The van der Waals surface area contributed by atoms with Crippen molar-refractivity contribution in [1.82, 2.24) is 0 Å². The van der Waals surface area contributed by atoms with Crippen molar-refractivity contribution in [3.05, 3.63) is 82.2 Å². The van der Waals surface area contributed by atoms with E-state index in [0.717, 1.165) is 5.56 Å². The first-order valence-electron chi connectivity index (χ1n) is 9.28. The number of esters is 1. The second-order valence-electron chi connectivity index (χ2n) is 6.64. The molecule has 0 amide bonds. The van der Waals surface area contributed by atoms with Crippen LogP contribution in [-0.2, 0) is 25.6 Å². The zero-order valence-electron chi connectivity index (χ0n) is 16.3. The van der Waals surface area contributed by atoms with E-state index in [-0.39, 0.29) is 6.61 Å². The van der Waals surface area contributed by atoms with E-state index in [0.29, 0.717) is 5.56 Å². The molecule has 0 saturated carbocycles. The first-order chi connectivity index (χ1) is 14.1. The largest absolute Gasteiger partial charge is 0.451 e. The number of ether oxygens (including phenoxy) is 4. The summed E-state index contributed by atoms with van der Waals surface area (Å²) in [5.74, 6) is -0.538. The quantitative estimate of drug-likeness (QED) is 0.305. The number of nitrogens with zero attached hydrogens (tertiary/aromatic N) is 3. The maximum absolute atomic E-state index is 12.6. The molecule has 152 valence electrons. The summed E-state index contributed by atoms with van der Waals surface area (Å²) in [6.45, 7) is 2.02. The second-order valence-corrected chi connectivity index (χ2v) is 6.64. The number of azide groups is 1. The highest BCUT2D eigenvalue weighted by Gasteiger charge is 2.47. The number of rotatable bonds is 7. The molecule has 5 atom stereocenters. The Balaban J connectivity index is 1.85. The predicted molar refractivity (Wildman–Crippen MR) is 105 cm³/mol. The topological polar surface area (TPSA) is 103 Å². The zero-order chi connectivity index (χ0) is 20.6. The van der Waals surface area contributed by atoms with Gasteiger partial charge in [0.05, 0.1) is 24.3 Å². The highest BCUT2D eigenvalue weighted by Crippen LogP contribution is 2.30. The summed E-state index contributed by atoms with van der Waals surface area (Å²) in [5.41, 5.74) is 10.3. The van der Waals surface area contributed by atoms with Gasteiger partial charge in [0.2, 0.25) is 0 Å². The standard InChI is InChI=1S/C21H23N3O5/c1-14-17(23-24-22)18(27-13-15-9-5-3-6-10-15)19(21(26-2)28-14)29-20(25)16-11-7-4-8-12-16/h3-12,14,17-19,21H,13H2,1-2H3/t14-,17-,18+,19+,21+/m1/s1. The Morgan fingerprint density at radius 1 is 1.10 bits per heavy atom. The number of benzene rings is 2. The van der Waals surface area contributed by atoms with Crippen LogP contribution in [0.3, 0.4) is 0 Å². The lowest BCUT2D eigenvalue weighted by atomic mass is 9.97. The van der Waals surface area contributed by atoms with Crippen molar-refractivity contribution in [1.29, 1.82) is 0 Å². The normalized spacial score (nSPS) is 26.3. The SMILES string of the molecule is CO[C@H]1O[C@H](C)[C@@H](N=[N+]=[N-])[C@H](OCc2ccccc2)[C@@H]1OC(=O)c1ccccc1. The van der Waals surface area contributed by atoms with Crippen molar-refractivity contribution >= 4 is 5.97 Å². The Morgan fingerprint density at radius 2 is 1.76 bits per heavy atom. The van der Waals surface area contributed by atoms with Crippen LogP contribution in [0.5, 0.6) is 0 Å². The molecule has 0 bridgehead atoms. The van der Waals surface area contributed by atoms with E-state index in [1.165, 1.54) is 7.11 Å². The number of hydrogen-bond donors (Lipinski definition) is 0. The molecule has 2 aromatic rings. The fourth-order valence-electron chi connectivity index (χ4n) is 3.24. The molecule has 2 aromatic carbocycles. The van der Waals surface area contributed by atoms with Gasteiger partial charge in [0.1, 0.15) is 6.10 Å². The Kier molecular flexibility index (Phi) is 7.21. The number of hydrogen-bond acceptors (Lipinski definition) is 6. The highest BCUT2D eigenvalue weighted by molar-refractivity contribution is 5.89. The minimum absolute atomic E-state index is 0.255. The van der Waals surface area contributed by atoms with Gasteiger partial charge in [-0.05, 0) is 30.2 Å². The number of methoxy groups -OCH3 is 1. The Morgan fingerprint density at radius 3 is 2.38 bits per heavy atom. The Bertz CT molecular complexity index is 842. The summed E-state index contributed by atoms with van der Waals surface area (Å²) in [7, 11) is 1.46. The maximum atomic E-state index is 12.6. The summed E-state index contributed by atoms with van der Waals surface area (Å²) in [5, 5.41) is 3.84. The molecular weight excluding hydrogens is 374 g/mol. The first kappa shape index (κ1) is 20.8. The van der Waals surface area contributed by atoms with Crippen LogP contribution in [0.2, 0.25) is 0 Å². The highest BCUT2D eigenvalue weighted by atomic mass is 16.7. The Labute approximate surface area is 169 Å². The fourth-order valence-corrected chi connectivity index (χ4v) is 3.24. The molecule has 1 heterocycles. The molecule has 1 aliphatic heterocycles. The van der Waals surface area contributed by atoms with Crippen molar-refractivity contribution in [2.75, 3.05) is 7.11 Å². The molecule has 0 spiro atoms. The van der Waals surface area contributed by atoms with Crippen LogP contribution in [0.4, 0.5) is 0 Å². The van der Waals surface area contributed by atoms with E-state index in [9.17, 15) is 4.79 Å². The number of carbonyl (C=O) groups is 1. The molecule has 3 rings (SSSR count). The lowest BCUT2D eigenvalue weighted by Gasteiger charge is -2.42. The summed E-state index contributed by atoms with van der Waals surface area (Å²) in [6, 6.07) is 17.5. The predicted octanol–water partition coefficient (Wildman–Crippen LogP) is 3.87. The average molecular weight is 397 g/mol. The van der Waals surface area contributed by atoms with Crippen LogP contribution in [0, 0.1) is 0 Å². The molecule has 1 saturated heterocycles. The summed E-state index contributed by atoms with van der Waals surface area (Å²) >= 11 is 0. The van der Waals surface area contributed by atoms with E-state index in [1.807, 2.05) is 36.4 Å². The van der Waals surface area contributed by atoms with Crippen molar-refractivity contribution in [3.8, 4) is 0 Å². The van der Waals surface area contributed by atoms with Gasteiger partial charge in [-0.15, -0.1) is 0 Å². The van der Waals surface area contributed by atoms with E-state index >= 15 is 0 Å². The third-order valence-corrected chi connectivity index (χ3v) is 4.71. The van der Waals surface area contributed by atoms with Crippen LogP contribution in [-0.4, -0.2) is 43.7 Å². The minimum Gasteiger partial charge on any atom is -0.451 e. The smallest absolute Gasteiger partial charge is 0.338 e. The van der Waals surface area contributed by atoms with Gasteiger partial charge in [-0.25, -0.2) is 4.79 Å². The average Bonchev–Trinajstić information content (AvgIpc) is 2.76. The molecule has 0 radical (unpaired) electrons. The molecule has 1 aliphatic rings. The van der Waals surface area contributed by atoms with E-state index in [2.05, 4.69) is 10.0 Å².